The molecule has 0 unspecified atom stereocenters. The van der Waals surface area contributed by atoms with Crippen LogP contribution in [-0.2, 0) is 11.3 Å². The van der Waals surface area contributed by atoms with E-state index in [1.54, 1.807) is 13.4 Å². The van der Waals surface area contributed by atoms with Crippen LogP contribution in [-0.4, -0.2) is 37.6 Å². The number of carbonyl (C=O) groups excluding carboxylic acids is 1. The fraction of sp³-hybridized carbons (Fsp3) is 0.421. The summed E-state index contributed by atoms with van der Waals surface area (Å²) in [5.41, 5.74) is 1.33. The predicted molar refractivity (Wildman–Crippen MR) is 92.0 cm³/mol. The minimum absolute atomic E-state index is 0.0474. The van der Waals surface area contributed by atoms with Crippen LogP contribution in [0.25, 0.3) is 0 Å². The van der Waals surface area contributed by atoms with Gasteiger partial charge in [-0.15, -0.1) is 0 Å². The van der Waals surface area contributed by atoms with E-state index in [1.165, 1.54) is 5.56 Å². The van der Waals surface area contributed by atoms with Crippen LogP contribution in [0, 0.1) is 0 Å². The van der Waals surface area contributed by atoms with Crippen molar-refractivity contribution >= 4 is 5.91 Å². The topological polar surface area (TPSA) is 54.7 Å². The molecule has 0 radical (unpaired) electrons. The summed E-state index contributed by atoms with van der Waals surface area (Å²) in [5.74, 6) is 2.28. The van der Waals surface area contributed by atoms with Crippen LogP contribution in [0.4, 0.5) is 0 Å². The molecule has 1 aromatic heterocycles. The Kier molecular flexibility index (Phi) is 5.54. The number of likely N-dealkylation sites (tertiary alicyclic amines) is 1. The van der Waals surface area contributed by atoms with E-state index in [1.807, 2.05) is 24.3 Å². The second kappa shape index (κ2) is 8.02. The second-order valence-corrected chi connectivity index (χ2v) is 6.18. The van der Waals surface area contributed by atoms with Gasteiger partial charge in [0.2, 0.25) is 5.91 Å². The van der Waals surface area contributed by atoms with E-state index in [0.717, 1.165) is 37.4 Å². The van der Waals surface area contributed by atoms with E-state index in [0.29, 0.717) is 19.0 Å². The first-order chi connectivity index (χ1) is 11.7. The lowest BCUT2D eigenvalue weighted by molar-refractivity contribution is -0.122. The number of methoxy groups -OCH3 is 1. The molecule has 1 N–H and O–H groups in total. The third-order valence-corrected chi connectivity index (χ3v) is 4.56. The van der Waals surface area contributed by atoms with Crippen LogP contribution in [0.15, 0.2) is 47.1 Å². The van der Waals surface area contributed by atoms with Gasteiger partial charge in [0.15, 0.2) is 0 Å². The summed E-state index contributed by atoms with van der Waals surface area (Å²) in [6.07, 6.45) is 3.75. The van der Waals surface area contributed by atoms with Gasteiger partial charge in [-0.25, -0.2) is 0 Å². The first-order valence-corrected chi connectivity index (χ1v) is 8.40. The van der Waals surface area contributed by atoms with Gasteiger partial charge in [-0.1, -0.05) is 12.1 Å². The van der Waals surface area contributed by atoms with Gasteiger partial charge in [0.05, 0.1) is 26.5 Å². The highest BCUT2D eigenvalue weighted by Crippen LogP contribution is 2.29. The monoisotopic (exact) mass is 328 g/mol. The molecule has 2 heterocycles. The second-order valence-electron chi connectivity index (χ2n) is 6.18. The lowest BCUT2D eigenvalue weighted by atomic mass is 9.89. The van der Waals surface area contributed by atoms with E-state index in [4.69, 9.17) is 9.15 Å². The van der Waals surface area contributed by atoms with Gasteiger partial charge in [0.25, 0.3) is 0 Å². The summed E-state index contributed by atoms with van der Waals surface area (Å²) >= 11 is 0. The Labute approximate surface area is 142 Å². The summed E-state index contributed by atoms with van der Waals surface area (Å²) in [5, 5.41) is 2.90. The van der Waals surface area contributed by atoms with E-state index in [9.17, 15) is 4.79 Å². The standard InChI is InChI=1S/C19H24N2O3/c1-23-17-5-2-4-16(12-17)15-7-9-21(10-8-15)14-19(22)20-13-18-6-3-11-24-18/h2-6,11-12,15H,7-10,13-14H2,1H3,(H,20,22). The zero-order valence-electron chi connectivity index (χ0n) is 14.0. The van der Waals surface area contributed by atoms with E-state index in [2.05, 4.69) is 22.3 Å². The fourth-order valence-corrected chi connectivity index (χ4v) is 3.18. The number of rotatable bonds is 6. The number of benzene rings is 1. The molecule has 5 nitrogen and oxygen atoms in total. The summed E-state index contributed by atoms with van der Waals surface area (Å²) in [7, 11) is 1.70. The zero-order valence-corrected chi connectivity index (χ0v) is 14.0. The van der Waals surface area contributed by atoms with Gasteiger partial charge < -0.3 is 14.5 Å². The quantitative estimate of drug-likeness (QED) is 0.886. The molecule has 1 aromatic carbocycles. The average molecular weight is 328 g/mol. The molecule has 2 aromatic rings. The normalized spacial score (nSPS) is 16.0. The van der Waals surface area contributed by atoms with Crippen molar-refractivity contribution in [1.82, 2.24) is 10.2 Å². The van der Waals surface area contributed by atoms with Crippen LogP contribution >= 0.6 is 0 Å². The van der Waals surface area contributed by atoms with E-state index in [-0.39, 0.29) is 5.91 Å². The first kappa shape index (κ1) is 16.6. The summed E-state index contributed by atoms with van der Waals surface area (Å²) in [6.45, 7) is 2.78. The van der Waals surface area contributed by atoms with E-state index >= 15 is 0 Å². The number of piperidine rings is 1. The van der Waals surface area contributed by atoms with Gasteiger partial charge in [-0.3, -0.25) is 9.69 Å². The number of hydrogen-bond acceptors (Lipinski definition) is 4. The van der Waals surface area contributed by atoms with Crippen molar-refractivity contribution in [2.75, 3.05) is 26.7 Å². The third kappa shape index (κ3) is 4.38. The van der Waals surface area contributed by atoms with Gasteiger partial charge in [0.1, 0.15) is 11.5 Å². The summed E-state index contributed by atoms with van der Waals surface area (Å²) < 4.78 is 10.5. The van der Waals surface area contributed by atoms with Crippen molar-refractivity contribution in [3.63, 3.8) is 0 Å². The van der Waals surface area contributed by atoms with Gasteiger partial charge >= 0.3 is 0 Å². The highest BCUT2D eigenvalue weighted by molar-refractivity contribution is 5.77. The molecule has 0 bridgehead atoms. The van der Waals surface area contributed by atoms with Crippen molar-refractivity contribution in [1.29, 1.82) is 0 Å². The third-order valence-electron chi connectivity index (χ3n) is 4.56. The number of ether oxygens (including phenoxy) is 1. The van der Waals surface area contributed by atoms with Crippen molar-refractivity contribution in [2.24, 2.45) is 0 Å². The molecular formula is C19H24N2O3. The number of amides is 1. The Bertz CT molecular complexity index is 646. The van der Waals surface area contributed by atoms with Crippen LogP contribution in [0.1, 0.15) is 30.1 Å². The molecule has 1 saturated heterocycles. The predicted octanol–water partition coefficient (Wildman–Crippen LogP) is 2.78. The summed E-state index contributed by atoms with van der Waals surface area (Å²) in [4.78, 5) is 14.2. The van der Waals surface area contributed by atoms with Crippen LogP contribution in [0.5, 0.6) is 5.75 Å². The Morgan fingerprint density at radius 3 is 2.83 bits per heavy atom. The lowest BCUT2D eigenvalue weighted by Crippen LogP contribution is -2.40. The Morgan fingerprint density at radius 1 is 1.29 bits per heavy atom. The Hall–Kier alpha value is -2.27. The smallest absolute Gasteiger partial charge is 0.234 e. The maximum atomic E-state index is 12.0. The zero-order chi connectivity index (χ0) is 16.8. The minimum Gasteiger partial charge on any atom is -0.497 e. The average Bonchev–Trinajstić information content (AvgIpc) is 3.14. The molecule has 128 valence electrons. The number of nitrogens with zero attached hydrogens (tertiary/aromatic N) is 1. The molecule has 0 saturated carbocycles. The Morgan fingerprint density at radius 2 is 2.12 bits per heavy atom. The SMILES string of the molecule is COc1cccc(C2CCN(CC(=O)NCc3ccco3)CC2)c1. The largest absolute Gasteiger partial charge is 0.497 e. The molecule has 0 atom stereocenters. The van der Waals surface area contributed by atoms with Crippen molar-refractivity contribution in [2.45, 2.75) is 25.3 Å². The molecule has 1 aliphatic rings. The van der Waals surface area contributed by atoms with Crippen LogP contribution < -0.4 is 10.1 Å². The van der Waals surface area contributed by atoms with Crippen LogP contribution in [0.3, 0.4) is 0 Å². The van der Waals surface area contributed by atoms with Crippen molar-refractivity contribution in [3.05, 3.63) is 54.0 Å². The van der Waals surface area contributed by atoms with Gasteiger partial charge in [-0.05, 0) is 61.7 Å². The molecule has 1 aliphatic heterocycles. The number of furan rings is 1. The van der Waals surface area contributed by atoms with Crippen molar-refractivity contribution < 1.29 is 13.9 Å². The fourth-order valence-electron chi connectivity index (χ4n) is 3.18. The maximum Gasteiger partial charge on any atom is 0.234 e. The summed E-state index contributed by atoms with van der Waals surface area (Å²) in [6, 6.07) is 12.0. The highest BCUT2D eigenvalue weighted by atomic mass is 16.5. The van der Waals surface area contributed by atoms with Gasteiger partial charge in [0, 0.05) is 0 Å². The highest BCUT2D eigenvalue weighted by Gasteiger charge is 2.22. The number of nitrogens with one attached hydrogen (secondary N) is 1. The van der Waals surface area contributed by atoms with Crippen LogP contribution in [0.2, 0.25) is 0 Å². The Balaban J connectivity index is 1.43. The first-order valence-electron chi connectivity index (χ1n) is 8.40. The number of carbonyl (C=O) groups is 1. The minimum atomic E-state index is 0.0474. The molecule has 24 heavy (non-hydrogen) atoms. The molecule has 0 aliphatic carbocycles. The molecular weight excluding hydrogens is 304 g/mol. The van der Waals surface area contributed by atoms with Gasteiger partial charge in [-0.2, -0.15) is 0 Å². The maximum absolute atomic E-state index is 12.0. The molecule has 3 rings (SSSR count). The molecule has 1 amide bonds. The lowest BCUT2D eigenvalue weighted by Gasteiger charge is -2.31. The van der Waals surface area contributed by atoms with Crippen molar-refractivity contribution in [3.8, 4) is 5.75 Å². The number of hydrogen-bond donors (Lipinski definition) is 1. The van der Waals surface area contributed by atoms with E-state index < -0.39 is 0 Å². The molecule has 5 heteroatoms. The molecule has 1 fully saturated rings. The molecule has 0 spiro atoms.